The lowest BCUT2D eigenvalue weighted by molar-refractivity contribution is 0.0730. The number of benzene rings is 1. The number of sulfonamides is 1. The predicted molar refractivity (Wildman–Crippen MR) is 92.6 cm³/mol. The first kappa shape index (κ1) is 17.3. The van der Waals surface area contributed by atoms with Crippen LogP contribution in [0.4, 0.5) is 11.5 Å². The number of morpholine rings is 1. The van der Waals surface area contributed by atoms with Crippen LogP contribution in [0.1, 0.15) is 10.4 Å². The van der Waals surface area contributed by atoms with Gasteiger partial charge in [0, 0.05) is 13.1 Å². The van der Waals surface area contributed by atoms with Crippen LogP contribution < -0.4 is 11.1 Å². The number of nitrogens with one attached hydrogen (secondary N) is 1. The summed E-state index contributed by atoms with van der Waals surface area (Å²) >= 11 is 0. The molecule has 25 heavy (non-hydrogen) atoms. The van der Waals surface area contributed by atoms with Gasteiger partial charge >= 0.3 is 0 Å². The fourth-order valence-corrected chi connectivity index (χ4v) is 4.08. The zero-order valence-corrected chi connectivity index (χ0v) is 14.2. The standard InChI is InChI=1S/C16H18N4O4S/c17-15-6-5-12(11-18-15)19-16(21)13-3-1-2-4-14(13)25(22,23)20-7-9-24-10-8-20/h1-6,11H,7-10H2,(H2,17,18)(H,19,21). The molecule has 1 fully saturated rings. The number of carbonyl (C=O) groups excluding carboxylic acids is 1. The van der Waals surface area contributed by atoms with Gasteiger partial charge < -0.3 is 15.8 Å². The van der Waals surface area contributed by atoms with Gasteiger partial charge in [-0.3, -0.25) is 4.79 Å². The maximum absolute atomic E-state index is 12.9. The Bertz CT molecular complexity index is 862. The average Bonchev–Trinajstić information content (AvgIpc) is 2.64. The minimum absolute atomic E-state index is 0.0298. The van der Waals surface area contributed by atoms with E-state index in [1.807, 2.05) is 0 Å². The number of hydrogen-bond acceptors (Lipinski definition) is 6. The number of rotatable bonds is 4. The van der Waals surface area contributed by atoms with Crippen molar-refractivity contribution in [2.75, 3.05) is 37.4 Å². The van der Waals surface area contributed by atoms with Crippen molar-refractivity contribution in [3.63, 3.8) is 0 Å². The molecule has 2 heterocycles. The molecule has 1 aromatic carbocycles. The van der Waals surface area contributed by atoms with Crippen molar-refractivity contribution in [1.82, 2.24) is 9.29 Å². The van der Waals surface area contributed by atoms with Gasteiger partial charge in [0.1, 0.15) is 5.82 Å². The molecule has 0 aliphatic carbocycles. The minimum atomic E-state index is -3.78. The Kier molecular flexibility index (Phi) is 4.98. The van der Waals surface area contributed by atoms with Crippen LogP contribution in [-0.4, -0.2) is 49.9 Å². The predicted octanol–water partition coefficient (Wildman–Crippen LogP) is 0.937. The second-order valence-electron chi connectivity index (χ2n) is 5.44. The number of anilines is 2. The van der Waals surface area contributed by atoms with E-state index in [0.717, 1.165) is 0 Å². The highest BCUT2D eigenvalue weighted by Gasteiger charge is 2.30. The van der Waals surface area contributed by atoms with Crippen LogP contribution in [-0.2, 0) is 14.8 Å². The summed E-state index contributed by atoms with van der Waals surface area (Å²) in [5.74, 6) is -0.202. The molecule has 1 aliphatic heterocycles. The van der Waals surface area contributed by atoms with Crippen molar-refractivity contribution in [3.8, 4) is 0 Å². The molecular weight excluding hydrogens is 344 g/mol. The van der Waals surface area contributed by atoms with Gasteiger partial charge in [-0.05, 0) is 24.3 Å². The molecule has 9 heteroatoms. The molecule has 1 saturated heterocycles. The van der Waals surface area contributed by atoms with Gasteiger partial charge in [0.25, 0.3) is 5.91 Å². The molecule has 1 aromatic heterocycles. The van der Waals surface area contributed by atoms with E-state index >= 15 is 0 Å². The molecule has 0 radical (unpaired) electrons. The Hall–Kier alpha value is -2.49. The van der Waals surface area contributed by atoms with Gasteiger partial charge in [0.05, 0.1) is 35.6 Å². The third-order valence-electron chi connectivity index (χ3n) is 3.76. The molecule has 0 bridgehead atoms. The number of carbonyl (C=O) groups is 1. The molecule has 3 N–H and O–H groups in total. The first-order valence-corrected chi connectivity index (χ1v) is 9.12. The van der Waals surface area contributed by atoms with E-state index in [0.29, 0.717) is 24.7 Å². The molecule has 0 saturated carbocycles. The first-order valence-electron chi connectivity index (χ1n) is 7.68. The lowest BCUT2D eigenvalue weighted by Crippen LogP contribution is -2.41. The summed E-state index contributed by atoms with van der Waals surface area (Å²) in [7, 11) is -3.78. The highest BCUT2D eigenvalue weighted by atomic mass is 32.2. The largest absolute Gasteiger partial charge is 0.384 e. The van der Waals surface area contributed by atoms with E-state index in [4.69, 9.17) is 10.5 Å². The SMILES string of the molecule is Nc1ccc(NC(=O)c2ccccc2S(=O)(=O)N2CCOCC2)cn1. The summed E-state index contributed by atoms with van der Waals surface area (Å²) < 4.78 is 32.3. The van der Waals surface area contributed by atoms with Crippen molar-refractivity contribution in [1.29, 1.82) is 0 Å². The van der Waals surface area contributed by atoms with E-state index in [9.17, 15) is 13.2 Å². The van der Waals surface area contributed by atoms with Crippen molar-refractivity contribution in [2.24, 2.45) is 0 Å². The number of nitrogens with zero attached hydrogens (tertiary/aromatic N) is 2. The Balaban J connectivity index is 1.89. The number of nitrogens with two attached hydrogens (primary N) is 1. The lowest BCUT2D eigenvalue weighted by Gasteiger charge is -2.26. The van der Waals surface area contributed by atoms with E-state index in [1.54, 1.807) is 24.3 Å². The second-order valence-corrected chi connectivity index (χ2v) is 7.34. The van der Waals surface area contributed by atoms with Crippen molar-refractivity contribution in [3.05, 3.63) is 48.2 Å². The fraction of sp³-hybridized carbons (Fsp3) is 0.250. The van der Waals surface area contributed by atoms with E-state index in [2.05, 4.69) is 10.3 Å². The van der Waals surface area contributed by atoms with Gasteiger partial charge in [0.15, 0.2) is 0 Å². The Morgan fingerprint density at radius 2 is 1.88 bits per heavy atom. The topological polar surface area (TPSA) is 115 Å². The van der Waals surface area contributed by atoms with Crippen LogP contribution >= 0.6 is 0 Å². The molecule has 3 rings (SSSR count). The maximum atomic E-state index is 12.9. The highest BCUT2D eigenvalue weighted by molar-refractivity contribution is 7.89. The van der Waals surface area contributed by atoms with Crippen LogP contribution in [0.3, 0.4) is 0 Å². The molecular formula is C16H18N4O4S. The molecule has 0 atom stereocenters. The quantitative estimate of drug-likeness (QED) is 0.836. The molecule has 8 nitrogen and oxygen atoms in total. The lowest BCUT2D eigenvalue weighted by atomic mass is 10.2. The molecule has 1 aliphatic rings. The molecule has 1 amide bonds. The van der Waals surface area contributed by atoms with Gasteiger partial charge in [-0.1, -0.05) is 12.1 Å². The van der Waals surface area contributed by atoms with Gasteiger partial charge in [0.2, 0.25) is 10.0 Å². The molecule has 0 unspecified atom stereocenters. The van der Waals surface area contributed by atoms with Crippen molar-refractivity contribution >= 4 is 27.4 Å². The Morgan fingerprint density at radius 3 is 2.56 bits per heavy atom. The van der Waals surface area contributed by atoms with Crippen LogP contribution in [0.5, 0.6) is 0 Å². The van der Waals surface area contributed by atoms with E-state index in [1.165, 1.54) is 22.6 Å². The monoisotopic (exact) mass is 362 g/mol. The van der Waals surface area contributed by atoms with Crippen molar-refractivity contribution < 1.29 is 17.9 Å². The molecule has 0 spiro atoms. The van der Waals surface area contributed by atoms with Gasteiger partial charge in [-0.25, -0.2) is 13.4 Å². The number of hydrogen-bond donors (Lipinski definition) is 2. The fourth-order valence-electron chi connectivity index (χ4n) is 2.48. The number of pyridine rings is 1. The smallest absolute Gasteiger partial charge is 0.257 e. The third kappa shape index (κ3) is 3.78. The summed E-state index contributed by atoms with van der Waals surface area (Å²) in [4.78, 5) is 16.4. The van der Waals surface area contributed by atoms with Crippen molar-refractivity contribution in [2.45, 2.75) is 4.90 Å². The van der Waals surface area contributed by atoms with Gasteiger partial charge in [-0.2, -0.15) is 4.31 Å². The van der Waals surface area contributed by atoms with Gasteiger partial charge in [-0.15, -0.1) is 0 Å². The normalized spacial score (nSPS) is 15.7. The van der Waals surface area contributed by atoms with E-state index < -0.39 is 15.9 Å². The minimum Gasteiger partial charge on any atom is -0.384 e. The highest BCUT2D eigenvalue weighted by Crippen LogP contribution is 2.22. The Morgan fingerprint density at radius 1 is 1.16 bits per heavy atom. The number of aromatic nitrogens is 1. The summed E-state index contributed by atoms with van der Waals surface area (Å²) in [6, 6.07) is 9.27. The number of ether oxygens (including phenoxy) is 1. The molecule has 132 valence electrons. The summed E-state index contributed by atoms with van der Waals surface area (Å²) in [5, 5.41) is 2.64. The van der Waals surface area contributed by atoms with Crippen LogP contribution in [0, 0.1) is 0 Å². The van der Waals surface area contributed by atoms with Crippen LogP contribution in [0.15, 0.2) is 47.5 Å². The average molecular weight is 362 g/mol. The summed E-state index contributed by atoms with van der Waals surface area (Å²) in [6.07, 6.45) is 1.41. The first-order chi connectivity index (χ1) is 12.0. The molecule has 2 aromatic rings. The number of nitrogen functional groups attached to an aromatic ring is 1. The summed E-state index contributed by atoms with van der Waals surface area (Å²) in [5.41, 5.74) is 6.02. The van der Waals surface area contributed by atoms with Crippen LogP contribution in [0.2, 0.25) is 0 Å². The van der Waals surface area contributed by atoms with E-state index in [-0.39, 0.29) is 23.5 Å². The maximum Gasteiger partial charge on any atom is 0.257 e. The zero-order chi connectivity index (χ0) is 17.9. The Labute approximate surface area is 145 Å². The third-order valence-corrected chi connectivity index (χ3v) is 5.72. The number of amides is 1. The van der Waals surface area contributed by atoms with Crippen LogP contribution in [0.25, 0.3) is 0 Å². The zero-order valence-electron chi connectivity index (χ0n) is 13.4. The summed E-state index contributed by atoms with van der Waals surface area (Å²) in [6.45, 7) is 1.20. The second kappa shape index (κ2) is 7.18.